The molecule has 0 aliphatic rings. The number of rotatable bonds is 4. The van der Waals surface area contributed by atoms with E-state index in [1.807, 2.05) is 79.7 Å². The first kappa shape index (κ1) is 20.8. The van der Waals surface area contributed by atoms with E-state index in [-0.39, 0.29) is 5.91 Å². The zero-order valence-electron chi connectivity index (χ0n) is 17.9. The summed E-state index contributed by atoms with van der Waals surface area (Å²) in [4.78, 5) is 20.9. The molecule has 0 radical (unpaired) electrons. The van der Waals surface area contributed by atoms with E-state index in [0.717, 1.165) is 39.0 Å². The number of hydrogen-bond donors (Lipinski definition) is 3. The number of amides is 1. The quantitative estimate of drug-likeness (QED) is 0.265. The summed E-state index contributed by atoms with van der Waals surface area (Å²) in [5, 5.41) is 3.53. The van der Waals surface area contributed by atoms with Gasteiger partial charge in [0.15, 0.2) is 0 Å². The third kappa shape index (κ3) is 4.19. The molecule has 4 N–H and O–H groups in total. The van der Waals surface area contributed by atoms with Gasteiger partial charge in [0.2, 0.25) is 0 Å². The molecular weight excluding hydrogens is 432 g/mol. The van der Waals surface area contributed by atoms with Crippen LogP contribution in [-0.4, -0.2) is 15.9 Å². The number of nitrogens with one attached hydrogen (secondary N) is 2. The first-order chi connectivity index (χ1) is 16.0. The summed E-state index contributed by atoms with van der Waals surface area (Å²) in [5.74, 6) is 0.468. The summed E-state index contributed by atoms with van der Waals surface area (Å²) in [6.45, 7) is 1.93. The van der Waals surface area contributed by atoms with Crippen molar-refractivity contribution in [2.45, 2.75) is 6.92 Å². The Balaban J connectivity index is 1.41. The van der Waals surface area contributed by atoms with Crippen LogP contribution in [0.2, 0.25) is 5.02 Å². The minimum absolute atomic E-state index is 0.186. The first-order valence-electron chi connectivity index (χ1n) is 10.5. The fourth-order valence-electron chi connectivity index (χ4n) is 3.84. The molecule has 0 saturated heterocycles. The number of carbonyl (C=O) groups is 1. The number of hydrogen-bond acceptors (Lipinski definition) is 3. The molecular formula is C27H21ClN4O. The maximum atomic E-state index is 13.0. The van der Waals surface area contributed by atoms with Crippen LogP contribution in [0.3, 0.4) is 0 Å². The summed E-state index contributed by atoms with van der Waals surface area (Å²) in [5.41, 5.74) is 13.2. The molecule has 0 aliphatic carbocycles. The monoisotopic (exact) mass is 452 g/mol. The predicted molar refractivity (Wildman–Crippen MR) is 136 cm³/mol. The second kappa shape index (κ2) is 8.45. The standard InChI is InChI=1S/C27H21ClN4O/c1-16-14-18(17-6-9-19(29)10-7-17)8-12-21(16)27(33)30-20-11-13-23(28)22(15-20)26-31-24-4-2-3-5-25(24)32-26/h2-15H,29H2,1H3,(H,30,33)(H,31,32). The van der Waals surface area contributed by atoms with Gasteiger partial charge in [-0.15, -0.1) is 0 Å². The number of para-hydroxylation sites is 2. The number of nitrogens with zero attached hydrogens (tertiary/aromatic N) is 1. The van der Waals surface area contributed by atoms with Crippen LogP contribution >= 0.6 is 11.6 Å². The van der Waals surface area contributed by atoms with Gasteiger partial charge in [-0.05, 0) is 72.1 Å². The summed E-state index contributed by atoms with van der Waals surface area (Å²) in [6, 6.07) is 26.6. The number of halogens is 1. The Labute approximate surface area is 196 Å². The molecule has 0 atom stereocenters. The summed E-state index contributed by atoms with van der Waals surface area (Å²) in [6.07, 6.45) is 0. The average Bonchev–Trinajstić information content (AvgIpc) is 3.25. The van der Waals surface area contributed by atoms with Gasteiger partial charge in [-0.3, -0.25) is 4.79 Å². The summed E-state index contributed by atoms with van der Waals surface area (Å²) >= 11 is 6.44. The number of benzene rings is 4. The van der Waals surface area contributed by atoms with Gasteiger partial charge in [0.25, 0.3) is 5.91 Å². The van der Waals surface area contributed by atoms with Crippen LogP contribution in [0.1, 0.15) is 15.9 Å². The molecule has 6 heteroatoms. The maximum absolute atomic E-state index is 13.0. The fraction of sp³-hybridized carbons (Fsp3) is 0.0370. The van der Waals surface area contributed by atoms with E-state index in [9.17, 15) is 4.79 Å². The molecule has 0 saturated carbocycles. The SMILES string of the molecule is Cc1cc(-c2ccc(N)cc2)ccc1C(=O)Nc1ccc(Cl)c(-c2nc3ccccc3[nH]2)c1. The highest BCUT2D eigenvalue weighted by molar-refractivity contribution is 6.33. The Morgan fingerprint density at radius 1 is 0.939 bits per heavy atom. The number of nitrogens with two attached hydrogens (primary N) is 1. The van der Waals surface area contributed by atoms with Gasteiger partial charge in [0, 0.05) is 22.5 Å². The third-order valence-electron chi connectivity index (χ3n) is 5.58. The van der Waals surface area contributed by atoms with Crippen LogP contribution in [0.5, 0.6) is 0 Å². The second-order valence-corrected chi connectivity index (χ2v) is 8.31. The largest absolute Gasteiger partial charge is 0.399 e. The molecule has 1 amide bonds. The molecule has 5 rings (SSSR count). The van der Waals surface area contributed by atoms with E-state index in [0.29, 0.717) is 22.1 Å². The van der Waals surface area contributed by atoms with E-state index in [1.54, 1.807) is 12.1 Å². The van der Waals surface area contributed by atoms with Crippen LogP contribution in [-0.2, 0) is 0 Å². The smallest absolute Gasteiger partial charge is 0.255 e. The van der Waals surface area contributed by atoms with Gasteiger partial charge in [-0.1, -0.05) is 48.0 Å². The summed E-state index contributed by atoms with van der Waals surface area (Å²) in [7, 11) is 0. The normalized spacial score (nSPS) is 11.0. The molecule has 0 unspecified atom stereocenters. The number of aryl methyl sites for hydroxylation is 1. The van der Waals surface area contributed by atoms with E-state index < -0.39 is 0 Å². The lowest BCUT2D eigenvalue weighted by molar-refractivity contribution is 0.102. The average molecular weight is 453 g/mol. The van der Waals surface area contributed by atoms with Crippen molar-refractivity contribution < 1.29 is 4.79 Å². The fourth-order valence-corrected chi connectivity index (χ4v) is 4.04. The highest BCUT2D eigenvalue weighted by atomic mass is 35.5. The molecule has 4 aromatic carbocycles. The molecule has 162 valence electrons. The lowest BCUT2D eigenvalue weighted by Crippen LogP contribution is -2.13. The van der Waals surface area contributed by atoms with Crippen LogP contribution in [0.4, 0.5) is 11.4 Å². The third-order valence-corrected chi connectivity index (χ3v) is 5.91. The number of fused-ring (bicyclic) bond motifs is 1. The van der Waals surface area contributed by atoms with Crippen molar-refractivity contribution in [3.63, 3.8) is 0 Å². The zero-order chi connectivity index (χ0) is 22.9. The van der Waals surface area contributed by atoms with Crippen LogP contribution in [0.25, 0.3) is 33.5 Å². The summed E-state index contributed by atoms with van der Waals surface area (Å²) < 4.78 is 0. The van der Waals surface area contributed by atoms with Crippen LogP contribution < -0.4 is 11.1 Å². The molecule has 5 nitrogen and oxygen atoms in total. The van der Waals surface area contributed by atoms with Crippen molar-refractivity contribution in [1.82, 2.24) is 9.97 Å². The zero-order valence-corrected chi connectivity index (χ0v) is 18.6. The number of aromatic nitrogens is 2. The van der Waals surface area contributed by atoms with Gasteiger partial charge in [0.1, 0.15) is 5.82 Å². The van der Waals surface area contributed by atoms with Crippen molar-refractivity contribution in [3.05, 3.63) is 101 Å². The Hall–Kier alpha value is -4.09. The first-order valence-corrected chi connectivity index (χ1v) is 10.9. The highest BCUT2D eigenvalue weighted by Gasteiger charge is 2.14. The van der Waals surface area contributed by atoms with E-state index in [1.165, 1.54) is 0 Å². The molecule has 0 bridgehead atoms. The van der Waals surface area contributed by atoms with Crippen molar-refractivity contribution in [1.29, 1.82) is 0 Å². The van der Waals surface area contributed by atoms with Gasteiger partial charge in [-0.25, -0.2) is 4.98 Å². The minimum atomic E-state index is -0.186. The molecule has 33 heavy (non-hydrogen) atoms. The predicted octanol–water partition coefficient (Wildman–Crippen LogP) is 6.69. The lowest BCUT2D eigenvalue weighted by Gasteiger charge is -2.11. The van der Waals surface area contributed by atoms with Gasteiger partial charge < -0.3 is 16.0 Å². The van der Waals surface area contributed by atoms with Crippen molar-refractivity contribution in [3.8, 4) is 22.5 Å². The molecule has 5 aromatic rings. The lowest BCUT2D eigenvalue weighted by atomic mass is 9.99. The molecule has 0 aliphatic heterocycles. The van der Waals surface area contributed by atoms with E-state index >= 15 is 0 Å². The van der Waals surface area contributed by atoms with Crippen molar-refractivity contribution in [2.24, 2.45) is 0 Å². The van der Waals surface area contributed by atoms with Gasteiger partial charge >= 0.3 is 0 Å². The van der Waals surface area contributed by atoms with Crippen molar-refractivity contribution >= 4 is 39.9 Å². The minimum Gasteiger partial charge on any atom is -0.399 e. The molecule has 1 heterocycles. The Morgan fingerprint density at radius 2 is 1.70 bits per heavy atom. The molecule has 0 spiro atoms. The number of nitrogen functional groups attached to an aromatic ring is 1. The van der Waals surface area contributed by atoms with Crippen LogP contribution in [0, 0.1) is 6.92 Å². The van der Waals surface area contributed by atoms with Gasteiger partial charge in [0.05, 0.1) is 16.1 Å². The molecule has 1 aromatic heterocycles. The second-order valence-electron chi connectivity index (χ2n) is 7.90. The number of anilines is 2. The Kier molecular flexibility index (Phi) is 5.32. The highest BCUT2D eigenvalue weighted by Crippen LogP contribution is 2.31. The topological polar surface area (TPSA) is 83.8 Å². The Morgan fingerprint density at radius 3 is 2.45 bits per heavy atom. The van der Waals surface area contributed by atoms with E-state index in [2.05, 4.69) is 15.3 Å². The number of imidazole rings is 1. The van der Waals surface area contributed by atoms with Gasteiger partial charge in [-0.2, -0.15) is 0 Å². The number of aromatic amines is 1. The molecule has 0 fully saturated rings. The maximum Gasteiger partial charge on any atom is 0.255 e. The number of H-pyrrole nitrogens is 1. The Bertz CT molecular complexity index is 1460. The van der Waals surface area contributed by atoms with E-state index in [4.69, 9.17) is 17.3 Å². The van der Waals surface area contributed by atoms with Crippen molar-refractivity contribution in [2.75, 3.05) is 11.1 Å². The number of carbonyl (C=O) groups excluding carboxylic acids is 1. The van der Waals surface area contributed by atoms with Crippen LogP contribution in [0.15, 0.2) is 84.9 Å².